The second-order valence-corrected chi connectivity index (χ2v) is 17.4. The number of ether oxygens (including phenoxy) is 3. The van der Waals surface area contributed by atoms with Gasteiger partial charge in [0.2, 0.25) is 0 Å². The van der Waals surface area contributed by atoms with Crippen LogP contribution in [0.5, 0.6) is 0 Å². The van der Waals surface area contributed by atoms with Gasteiger partial charge < -0.3 is 14.2 Å². The second-order valence-electron chi connectivity index (χ2n) is 17.4. The Balaban J connectivity index is 4.44. The van der Waals surface area contributed by atoms with E-state index in [-0.39, 0.29) is 37.5 Å². The number of rotatable bonds is 47. The first-order valence-electron chi connectivity index (χ1n) is 26.1. The van der Waals surface area contributed by atoms with Crippen LogP contribution in [-0.4, -0.2) is 37.2 Å². The van der Waals surface area contributed by atoms with Crippen molar-refractivity contribution in [2.75, 3.05) is 13.2 Å². The van der Waals surface area contributed by atoms with Crippen molar-refractivity contribution in [1.82, 2.24) is 0 Å². The lowest BCUT2D eigenvalue weighted by Crippen LogP contribution is -2.30. The highest BCUT2D eigenvalue weighted by atomic mass is 16.6. The van der Waals surface area contributed by atoms with E-state index in [4.69, 9.17) is 14.2 Å². The molecule has 0 aliphatic heterocycles. The van der Waals surface area contributed by atoms with E-state index in [0.717, 1.165) is 70.6 Å². The summed E-state index contributed by atoms with van der Waals surface area (Å²) in [5.41, 5.74) is 0. The Bertz CT molecular complexity index is 1070. The zero-order valence-electron chi connectivity index (χ0n) is 40.4. The van der Waals surface area contributed by atoms with Crippen LogP contribution in [0.3, 0.4) is 0 Å². The maximum absolute atomic E-state index is 12.8. The van der Waals surface area contributed by atoms with Crippen LogP contribution in [0.25, 0.3) is 0 Å². The van der Waals surface area contributed by atoms with Gasteiger partial charge in [-0.1, -0.05) is 217 Å². The van der Waals surface area contributed by atoms with E-state index in [1.165, 1.54) is 148 Å². The van der Waals surface area contributed by atoms with E-state index >= 15 is 0 Å². The van der Waals surface area contributed by atoms with Crippen molar-refractivity contribution < 1.29 is 28.6 Å². The van der Waals surface area contributed by atoms with E-state index in [0.29, 0.717) is 19.3 Å². The first-order chi connectivity index (χ1) is 30.0. The van der Waals surface area contributed by atoms with Crippen molar-refractivity contribution in [3.05, 3.63) is 48.6 Å². The second kappa shape index (κ2) is 50.0. The molecule has 0 spiro atoms. The third-order valence-electron chi connectivity index (χ3n) is 11.3. The third kappa shape index (κ3) is 48.3. The first-order valence-corrected chi connectivity index (χ1v) is 26.1. The number of hydrogen-bond donors (Lipinski definition) is 0. The number of carbonyl (C=O) groups is 3. The Labute approximate surface area is 378 Å². The Hall–Kier alpha value is -2.63. The van der Waals surface area contributed by atoms with Gasteiger partial charge >= 0.3 is 17.9 Å². The molecule has 0 N–H and O–H groups in total. The van der Waals surface area contributed by atoms with E-state index in [2.05, 4.69) is 69.4 Å². The van der Waals surface area contributed by atoms with Crippen molar-refractivity contribution in [3.8, 4) is 0 Å². The largest absolute Gasteiger partial charge is 0.462 e. The number of hydrogen-bond acceptors (Lipinski definition) is 6. The minimum absolute atomic E-state index is 0.0898. The lowest BCUT2D eigenvalue weighted by molar-refractivity contribution is -0.167. The molecule has 0 unspecified atom stereocenters. The van der Waals surface area contributed by atoms with Crippen molar-refractivity contribution >= 4 is 17.9 Å². The van der Waals surface area contributed by atoms with Crippen LogP contribution in [-0.2, 0) is 28.6 Å². The zero-order valence-corrected chi connectivity index (χ0v) is 40.4. The van der Waals surface area contributed by atoms with Gasteiger partial charge in [0, 0.05) is 19.3 Å². The topological polar surface area (TPSA) is 78.9 Å². The maximum atomic E-state index is 12.8. The predicted molar refractivity (Wildman–Crippen MR) is 261 cm³/mol. The van der Waals surface area contributed by atoms with Crippen LogP contribution in [0.1, 0.15) is 265 Å². The van der Waals surface area contributed by atoms with E-state index < -0.39 is 6.10 Å². The van der Waals surface area contributed by atoms with Crippen LogP contribution >= 0.6 is 0 Å². The zero-order chi connectivity index (χ0) is 44.4. The van der Waals surface area contributed by atoms with Crippen molar-refractivity contribution in [2.45, 2.75) is 271 Å². The highest BCUT2D eigenvalue weighted by Gasteiger charge is 2.19. The number of carbonyl (C=O) groups excluding carboxylic acids is 3. The van der Waals surface area contributed by atoms with Crippen molar-refractivity contribution in [2.24, 2.45) is 0 Å². The summed E-state index contributed by atoms with van der Waals surface area (Å²) in [6, 6.07) is 0. The Morgan fingerprint density at radius 2 is 0.607 bits per heavy atom. The molecule has 0 bridgehead atoms. The summed E-state index contributed by atoms with van der Waals surface area (Å²) in [5.74, 6) is -0.947. The molecule has 0 rings (SSSR count). The van der Waals surface area contributed by atoms with Gasteiger partial charge in [-0.3, -0.25) is 14.4 Å². The van der Waals surface area contributed by atoms with Gasteiger partial charge in [-0.15, -0.1) is 0 Å². The summed E-state index contributed by atoms with van der Waals surface area (Å²) in [5, 5.41) is 0. The normalized spacial score (nSPS) is 12.4. The quantitative estimate of drug-likeness (QED) is 0.0263. The Morgan fingerprint density at radius 1 is 0.328 bits per heavy atom. The highest BCUT2D eigenvalue weighted by Crippen LogP contribution is 2.14. The summed E-state index contributed by atoms with van der Waals surface area (Å²) in [6.45, 7) is 6.58. The van der Waals surface area contributed by atoms with Gasteiger partial charge in [0.25, 0.3) is 0 Å². The fraction of sp³-hybridized carbons (Fsp3) is 0.800. The van der Waals surface area contributed by atoms with Gasteiger partial charge in [-0.2, -0.15) is 0 Å². The summed E-state index contributed by atoms with van der Waals surface area (Å²) in [4.78, 5) is 37.9. The molecule has 0 saturated carbocycles. The fourth-order valence-electron chi connectivity index (χ4n) is 7.34. The highest BCUT2D eigenvalue weighted by molar-refractivity contribution is 5.71. The molecule has 0 radical (unpaired) electrons. The van der Waals surface area contributed by atoms with Gasteiger partial charge in [-0.05, 0) is 77.0 Å². The average molecular weight is 855 g/mol. The van der Waals surface area contributed by atoms with Gasteiger partial charge in [0.05, 0.1) is 0 Å². The standard InChI is InChI=1S/C55H98O6/c1-4-7-10-13-16-19-22-24-26-27-29-30-33-36-39-42-45-48-54(57)60-51-52(50-59-53(56)47-44-41-38-35-32-21-18-15-12-9-6-3)61-55(58)49-46-43-40-37-34-31-28-25-23-20-17-14-11-8-5-2/h24-26,28-30,36,39,52H,4-23,27,31-35,37-38,40-51H2,1-3H3/b26-24-,28-25-,30-29-,39-36-/t52-/m0/s1. The van der Waals surface area contributed by atoms with Gasteiger partial charge in [-0.25, -0.2) is 0 Å². The number of esters is 3. The SMILES string of the molecule is CCCCCCCC/C=C\C/C=C\C/C=C\CCCC(=O)OC[C@H](COC(=O)CCCCCCCCCCCCC)OC(=O)CCCCCCC/C=C\CCCCCCCC. The molecule has 354 valence electrons. The van der Waals surface area contributed by atoms with Crippen LogP contribution in [0.2, 0.25) is 0 Å². The molecule has 0 amide bonds. The number of allylic oxidation sites excluding steroid dienone is 8. The smallest absolute Gasteiger partial charge is 0.306 e. The molecule has 0 fully saturated rings. The molecule has 0 aromatic rings. The molecule has 0 aromatic heterocycles. The van der Waals surface area contributed by atoms with Crippen LogP contribution in [0.15, 0.2) is 48.6 Å². The molecular formula is C55H98O6. The van der Waals surface area contributed by atoms with E-state index in [1.807, 2.05) is 0 Å². The van der Waals surface area contributed by atoms with Crippen LogP contribution in [0, 0.1) is 0 Å². The Morgan fingerprint density at radius 3 is 1.00 bits per heavy atom. The molecule has 1 atom stereocenters. The minimum atomic E-state index is -0.794. The summed E-state index contributed by atoms with van der Waals surface area (Å²) in [6.07, 6.45) is 59.6. The number of unbranched alkanes of at least 4 members (excludes halogenated alkanes) is 28. The molecular weight excluding hydrogens is 757 g/mol. The van der Waals surface area contributed by atoms with Crippen molar-refractivity contribution in [3.63, 3.8) is 0 Å². The lowest BCUT2D eigenvalue weighted by atomic mass is 10.1. The minimum Gasteiger partial charge on any atom is -0.462 e. The molecule has 0 aliphatic carbocycles. The monoisotopic (exact) mass is 855 g/mol. The molecule has 6 nitrogen and oxygen atoms in total. The van der Waals surface area contributed by atoms with E-state index in [1.54, 1.807) is 0 Å². The summed E-state index contributed by atoms with van der Waals surface area (Å²) in [7, 11) is 0. The molecule has 0 aromatic carbocycles. The average Bonchev–Trinajstić information content (AvgIpc) is 3.26. The first kappa shape index (κ1) is 58.4. The molecule has 6 heteroatoms. The Kier molecular flexibility index (Phi) is 47.9. The van der Waals surface area contributed by atoms with E-state index in [9.17, 15) is 14.4 Å². The molecule has 0 saturated heterocycles. The maximum Gasteiger partial charge on any atom is 0.306 e. The molecule has 0 heterocycles. The van der Waals surface area contributed by atoms with Crippen LogP contribution < -0.4 is 0 Å². The van der Waals surface area contributed by atoms with Gasteiger partial charge in [0.1, 0.15) is 13.2 Å². The van der Waals surface area contributed by atoms with Crippen molar-refractivity contribution in [1.29, 1.82) is 0 Å². The predicted octanol–water partition coefficient (Wildman–Crippen LogP) is 17.1. The molecule has 61 heavy (non-hydrogen) atoms. The third-order valence-corrected chi connectivity index (χ3v) is 11.3. The van der Waals surface area contributed by atoms with Crippen LogP contribution in [0.4, 0.5) is 0 Å². The summed E-state index contributed by atoms with van der Waals surface area (Å²) < 4.78 is 16.7. The molecule has 0 aliphatic rings. The lowest BCUT2D eigenvalue weighted by Gasteiger charge is -2.18. The summed E-state index contributed by atoms with van der Waals surface area (Å²) >= 11 is 0. The van der Waals surface area contributed by atoms with Gasteiger partial charge in [0.15, 0.2) is 6.10 Å². The fourth-order valence-corrected chi connectivity index (χ4v) is 7.34.